The number of hydrogen-bond donors (Lipinski definition) is 0. The second-order valence-corrected chi connectivity index (χ2v) is 10.9. The molecule has 180 valence electrons. The van der Waals surface area contributed by atoms with E-state index in [4.69, 9.17) is 4.42 Å². The van der Waals surface area contributed by atoms with E-state index in [-0.39, 0.29) is 5.41 Å². The lowest BCUT2D eigenvalue weighted by molar-refractivity contribution is 0.669. The van der Waals surface area contributed by atoms with Crippen molar-refractivity contribution in [2.24, 2.45) is 0 Å². The van der Waals surface area contributed by atoms with E-state index >= 15 is 0 Å². The molecule has 0 bridgehead atoms. The molecule has 0 atom stereocenters. The number of furan rings is 1. The van der Waals surface area contributed by atoms with Crippen LogP contribution in [0.5, 0.6) is 0 Å². The molecule has 2 aliphatic rings. The van der Waals surface area contributed by atoms with Gasteiger partial charge in [0.25, 0.3) is 0 Å². The minimum atomic E-state index is -0.321. The van der Waals surface area contributed by atoms with Crippen molar-refractivity contribution in [2.45, 2.75) is 5.41 Å². The van der Waals surface area contributed by atoms with E-state index < -0.39 is 0 Å². The van der Waals surface area contributed by atoms with Crippen LogP contribution in [-0.4, -0.2) is 7.85 Å². The van der Waals surface area contributed by atoms with Gasteiger partial charge in [0.2, 0.25) is 0 Å². The van der Waals surface area contributed by atoms with Crippen LogP contribution in [-0.2, 0) is 5.41 Å². The standard InChI is InChI=1S/C37H23BO/c38-33-14-7-15-35-36(33)28-20-22(17-19-34(28)39-35)23-16-18-27-26-10-3-6-13-31(26)37(32(27)21-23)29-11-4-1-8-24(29)25-9-2-5-12-30(25)37/h1-21H,38H2. The van der Waals surface area contributed by atoms with E-state index in [1.165, 1.54) is 71.9 Å². The van der Waals surface area contributed by atoms with Crippen molar-refractivity contribution in [1.82, 2.24) is 0 Å². The maximum atomic E-state index is 6.19. The second-order valence-electron chi connectivity index (χ2n) is 10.9. The highest BCUT2D eigenvalue weighted by molar-refractivity contribution is 6.41. The Morgan fingerprint density at radius 2 is 1.03 bits per heavy atom. The summed E-state index contributed by atoms with van der Waals surface area (Å²) in [5.74, 6) is 0. The molecule has 2 aliphatic carbocycles. The molecular weight excluding hydrogens is 471 g/mol. The van der Waals surface area contributed by atoms with Gasteiger partial charge in [-0.15, -0.1) is 0 Å². The lowest BCUT2D eigenvalue weighted by Crippen LogP contribution is -2.25. The highest BCUT2D eigenvalue weighted by atomic mass is 16.3. The van der Waals surface area contributed by atoms with E-state index in [1.54, 1.807) is 0 Å². The van der Waals surface area contributed by atoms with Crippen LogP contribution in [0.3, 0.4) is 0 Å². The molecule has 9 rings (SSSR count). The zero-order chi connectivity index (χ0) is 25.7. The highest BCUT2D eigenvalue weighted by Gasteiger charge is 2.51. The number of benzene rings is 6. The zero-order valence-electron chi connectivity index (χ0n) is 21.5. The van der Waals surface area contributed by atoms with Gasteiger partial charge in [0.05, 0.1) is 5.41 Å². The largest absolute Gasteiger partial charge is 0.456 e. The molecule has 1 heterocycles. The topological polar surface area (TPSA) is 13.1 Å². The van der Waals surface area contributed by atoms with Crippen molar-refractivity contribution in [3.63, 3.8) is 0 Å². The Morgan fingerprint density at radius 3 is 1.69 bits per heavy atom. The van der Waals surface area contributed by atoms with E-state index in [0.717, 1.165) is 11.2 Å². The van der Waals surface area contributed by atoms with Gasteiger partial charge in [0.1, 0.15) is 19.0 Å². The van der Waals surface area contributed by atoms with Gasteiger partial charge in [-0.2, -0.15) is 0 Å². The molecule has 0 N–H and O–H groups in total. The Labute approximate surface area is 227 Å². The predicted octanol–water partition coefficient (Wildman–Crippen LogP) is 7.85. The molecule has 7 aromatic rings. The molecule has 6 aromatic carbocycles. The number of rotatable bonds is 1. The van der Waals surface area contributed by atoms with Crippen LogP contribution in [0.25, 0.3) is 55.3 Å². The first-order valence-corrected chi connectivity index (χ1v) is 13.6. The van der Waals surface area contributed by atoms with E-state index in [0.29, 0.717) is 0 Å². The van der Waals surface area contributed by atoms with Gasteiger partial charge < -0.3 is 4.42 Å². The summed E-state index contributed by atoms with van der Waals surface area (Å²) in [6, 6.07) is 46.9. The highest BCUT2D eigenvalue weighted by Crippen LogP contribution is 2.62. The molecule has 39 heavy (non-hydrogen) atoms. The molecular formula is C37H23BO. The van der Waals surface area contributed by atoms with Gasteiger partial charge in [0.15, 0.2) is 0 Å². The summed E-state index contributed by atoms with van der Waals surface area (Å²) in [5, 5.41) is 2.38. The average molecular weight is 494 g/mol. The minimum absolute atomic E-state index is 0.321. The molecule has 1 nitrogen and oxygen atoms in total. The van der Waals surface area contributed by atoms with E-state index in [1.807, 2.05) is 0 Å². The van der Waals surface area contributed by atoms with E-state index in [2.05, 4.69) is 135 Å². The summed E-state index contributed by atoms with van der Waals surface area (Å²) < 4.78 is 6.19. The molecule has 0 unspecified atom stereocenters. The molecule has 0 amide bonds. The summed E-state index contributed by atoms with van der Waals surface area (Å²) in [5.41, 5.74) is 16.1. The third kappa shape index (κ3) is 2.56. The van der Waals surface area contributed by atoms with Crippen molar-refractivity contribution in [3.05, 3.63) is 150 Å². The van der Waals surface area contributed by atoms with Crippen LogP contribution in [0.2, 0.25) is 0 Å². The first kappa shape index (κ1) is 21.2. The van der Waals surface area contributed by atoms with Crippen LogP contribution < -0.4 is 5.46 Å². The normalized spacial score (nSPS) is 13.9. The Bertz CT molecular complexity index is 2080. The van der Waals surface area contributed by atoms with Gasteiger partial charge in [-0.3, -0.25) is 0 Å². The maximum Gasteiger partial charge on any atom is 0.140 e. The fourth-order valence-electron chi connectivity index (χ4n) is 7.46. The predicted molar refractivity (Wildman–Crippen MR) is 164 cm³/mol. The Hall–Kier alpha value is -4.82. The zero-order valence-corrected chi connectivity index (χ0v) is 21.5. The first-order valence-electron chi connectivity index (χ1n) is 13.6. The molecule has 2 heteroatoms. The van der Waals surface area contributed by atoms with Gasteiger partial charge in [-0.05, 0) is 79.9 Å². The van der Waals surface area contributed by atoms with Crippen LogP contribution in [0.1, 0.15) is 22.3 Å². The van der Waals surface area contributed by atoms with Crippen molar-refractivity contribution in [2.75, 3.05) is 0 Å². The molecule has 0 aliphatic heterocycles. The molecule has 0 fully saturated rings. The summed E-state index contributed by atoms with van der Waals surface area (Å²) in [4.78, 5) is 0. The summed E-state index contributed by atoms with van der Waals surface area (Å²) in [6.07, 6.45) is 0. The SMILES string of the molecule is Bc1cccc2oc3ccc(-c4ccc5c(c4)C4(c6ccccc6-c6ccccc64)c4ccccc4-5)cc3c12. The summed E-state index contributed by atoms with van der Waals surface area (Å²) in [7, 11) is 2.16. The fraction of sp³-hybridized carbons (Fsp3) is 0.0270. The van der Waals surface area contributed by atoms with Crippen molar-refractivity contribution in [1.29, 1.82) is 0 Å². The smallest absolute Gasteiger partial charge is 0.140 e. The number of hydrogen-bond acceptors (Lipinski definition) is 1. The quantitative estimate of drug-likeness (QED) is 0.212. The maximum absolute atomic E-state index is 6.19. The van der Waals surface area contributed by atoms with Crippen LogP contribution in [0, 0.1) is 0 Å². The molecule has 0 saturated heterocycles. The average Bonchev–Trinajstić information content (AvgIpc) is 3.61. The lowest BCUT2D eigenvalue weighted by atomic mass is 9.70. The van der Waals surface area contributed by atoms with Gasteiger partial charge in [-0.1, -0.05) is 109 Å². The second kappa shape index (κ2) is 7.39. The molecule has 1 aromatic heterocycles. The minimum Gasteiger partial charge on any atom is -0.456 e. The lowest BCUT2D eigenvalue weighted by Gasteiger charge is -2.30. The van der Waals surface area contributed by atoms with Crippen LogP contribution in [0.4, 0.5) is 0 Å². The van der Waals surface area contributed by atoms with E-state index in [9.17, 15) is 0 Å². The Balaban J connectivity index is 1.35. The summed E-state index contributed by atoms with van der Waals surface area (Å²) in [6.45, 7) is 0. The fourth-order valence-corrected chi connectivity index (χ4v) is 7.46. The first-order chi connectivity index (χ1) is 19.2. The molecule has 1 spiro atoms. The Kier molecular flexibility index (Phi) is 4.01. The molecule has 0 saturated carbocycles. The van der Waals surface area contributed by atoms with Gasteiger partial charge >= 0.3 is 0 Å². The third-order valence-corrected chi connectivity index (χ3v) is 9.03. The van der Waals surface area contributed by atoms with Gasteiger partial charge in [-0.25, -0.2) is 0 Å². The van der Waals surface area contributed by atoms with Crippen molar-refractivity contribution in [3.8, 4) is 33.4 Å². The van der Waals surface area contributed by atoms with Crippen molar-refractivity contribution >= 4 is 35.2 Å². The van der Waals surface area contributed by atoms with Crippen molar-refractivity contribution < 1.29 is 4.42 Å². The summed E-state index contributed by atoms with van der Waals surface area (Å²) >= 11 is 0. The monoisotopic (exact) mass is 494 g/mol. The third-order valence-electron chi connectivity index (χ3n) is 9.03. The van der Waals surface area contributed by atoms with Crippen LogP contribution >= 0.6 is 0 Å². The number of fused-ring (bicyclic) bond motifs is 13. The molecule has 0 radical (unpaired) electrons. The Morgan fingerprint density at radius 1 is 0.462 bits per heavy atom. The van der Waals surface area contributed by atoms with Crippen LogP contribution in [0.15, 0.2) is 132 Å². The van der Waals surface area contributed by atoms with Gasteiger partial charge in [0, 0.05) is 10.8 Å².